The molecule has 1 atom stereocenters. The molecule has 1 N–H and O–H groups in total. The third-order valence-electron chi connectivity index (χ3n) is 3.42. The number of thioether (sulfide) groups is 1. The van der Waals surface area contributed by atoms with Crippen molar-refractivity contribution in [1.29, 1.82) is 0 Å². The van der Waals surface area contributed by atoms with E-state index in [9.17, 15) is 4.79 Å². The van der Waals surface area contributed by atoms with Crippen LogP contribution < -0.4 is 5.32 Å². The molecular weight excluding hydrogens is 224 g/mol. The maximum atomic E-state index is 12.5. The molecule has 0 aliphatic carbocycles. The Morgan fingerprint density at radius 1 is 1.50 bits per heavy atom. The van der Waals surface area contributed by atoms with Gasteiger partial charge in [-0.15, -0.1) is 0 Å². The van der Waals surface area contributed by atoms with Crippen molar-refractivity contribution in [2.45, 2.75) is 6.42 Å². The Morgan fingerprint density at radius 3 is 2.81 bits per heavy atom. The predicted octanol–water partition coefficient (Wildman–Crippen LogP) is 0.188. The molecule has 5 heteroatoms. The first-order valence-electron chi connectivity index (χ1n) is 5.85. The van der Waals surface area contributed by atoms with Crippen LogP contribution in [-0.4, -0.2) is 62.2 Å². The highest BCUT2D eigenvalue weighted by Gasteiger charge is 2.43. The molecule has 0 radical (unpaired) electrons. The van der Waals surface area contributed by atoms with E-state index in [1.807, 2.05) is 16.7 Å². The fourth-order valence-electron chi connectivity index (χ4n) is 2.49. The molecule has 92 valence electrons. The normalized spacial score (nSPS) is 30.7. The number of nitrogens with one attached hydrogen (secondary N) is 1. The summed E-state index contributed by atoms with van der Waals surface area (Å²) in [4.78, 5) is 14.5. The van der Waals surface area contributed by atoms with Gasteiger partial charge in [0, 0.05) is 38.2 Å². The maximum Gasteiger partial charge on any atom is 0.232 e. The highest BCUT2D eigenvalue weighted by Crippen LogP contribution is 2.29. The first-order chi connectivity index (χ1) is 7.78. The van der Waals surface area contributed by atoms with Gasteiger partial charge < -0.3 is 15.0 Å². The monoisotopic (exact) mass is 244 g/mol. The number of nitrogens with zero attached hydrogens (tertiary/aromatic N) is 1. The smallest absolute Gasteiger partial charge is 0.232 e. The first-order valence-corrected chi connectivity index (χ1v) is 7.01. The SMILES string of the molecule is COCC1(C(=O)N2CCSCC2)CCNC1. The second-order valence-corrected chi connectivity index (χ2v) is 5.77. The molecule has 0 saturated carbocycles. The zero-order chi connectivity index (χ0) is 11.4. The second kappa shape index (κ2) is 5.38. The average Bonchev–Trinajstić information content (AvgIpc) is 2.80. The molecule has 2 heterocycles. The van der Waals surface area contributed by atoms with Crippen molar-refractivity contribution in [2.24, 2.45) is 5.41 Å². The van der Waals surface area contributed by atoms with Crippen LogP contribution >= 0.6 is 11.8 Å². The van der Waals surface area contributed by atoms with Crippen LogP contribution in [0.1, 0.15) is 6.42 Å². The molecule has 0 aromatic carbocycles. The zero-order valence-corrected chi connectivity index (χ0v) is 10.6. The molecular formula is C11H20N2O2S. The number of methoxy groups -OCH3 is 1. The Hall–Kier alpha value is -0.260. The lowest BCUT2D eigenvalue weighted by atomic mass is 9.86. The lowest BCUT2D eigenvalue weighted by Gasteiger charge is -2.35. The van der Waals surface area contributed by atoms with Gasteiger partial charge in [-0.2, -0.15) is 11.8 Å². The van der Waals surface area contributed by atoms with Crippen LogP contribution in [0.3, 0.4) is 0 Å². The van der Waals surface area contributed by atoms with E-state index in [0.717, 1.165) is 44.1 Å². The van der Waals surface area contributed by atoms with Gasteiger partial charge in [0.2, 0.25) is 5.91 Å². The van der Waals surface area contributed by atoms with Crippen LogP contribution in [0.2, 0.25) is 0 Å². The number of carbonyl (C=O) groups is 1. The Bertz CT molecular complexity index is 248. The molecule has 0 spiro atoms. The molecule has 2 aliphatic rings. The van der Waals surface area contributed by atoms with Crippen molar-refractivity contribution in [3.63, 3.8) is 0 Å². The lowest BCUT2D eigenvalue weighted by Crippen LogP contribution is -2.50. The van der Waals surface area contributed by atoms with Gasteiger partial charge in [0.1, 0.15) is 0 Å². The number of carbonyl (C=O) groups excluding carboxylic acids is 1. The highest BCUT2D eigenvalue weighted by atomic mass is 32.2. The van der Waals surface area contributed by atoms with Crippen molar-refractivity contribution in [2.75, 3.05) is 51.4 Å². The topological polar surface area (TPSA) is 41.6 Å². The van der Waals surface area contributed by atoms with E-state index in [1.165, 1.54) is 0 Å². The fraction of sp³-hybridized carbons (Fsp3) is 0.909. The highest BCUT2D eigenvalue weighted by molar-refractivity contribution is 7.99. The largest absolute Gasteiger partial charge is 0.384 e. The maximum absolute atomic E-state index is 12.5. The predicted molar refractivity (Wildman–Crippen MR) is 65.7 cm³/mol. The summed E-state index contributed by atoms with van der Waals surface area (Å²) in [7, 11) is 1.68. The van der Waals surface area contributed by atoms with Crippen LogP contribution in [0, 0.1) is 5.41 Å². The Kier molecular flexibility index (Phi) is 4.10. The molecule has 2 rings (SSSR count). The first kappa shape index (κ1) is 12.2. The average molecular weight is 244 g/mol. The van der Waals surface area contributed by atoms with Crippen LogP contribution in [0.5, 0.6) is 0 Å². The van der Waals surface area contributed by atoms with Crippen LogP contribution in [-0.2, 0) is 9.53 Å². The molecule has 0 bridgehead atoms. The summed E-state index contributed by atoms with van der Waals surface area (Å²) >= 11 is 1.93. The summed E-state index contributed by atoms with van der Waals surface area (Å²) in [6.45, 7) is 4.04. The Balaban J connectivity index is 2.04. The van der Waals surface area contributed by atoms with Gasteiger partial charge in [-0.25, -0.2) is 0 Å². The van der Waals surface area contributed by atoms with E-state index < -0.39 is 0 Å². The van der Waals surface area contributed by atoms with Crippen molar-refractivity contribution in [3.05, 3.63) is 0 Å². The number of amides is 1. The molecule has 0 aromatic rings. The van der Waals surface area contributed by atoms with Gasteiger partial charge in [-0.05, 0) is 13.0 Å². The molecule has 1 amide bonds. The van der Waals surface area contributed by atoms with Gasteiger partial charge >= 0.3 is 0 Å². The van der Waals surface area contributed by atoms with Crippen LogP contribution in [0.15, 0.2) is 0 Å². The fourth-order valence-corrected chi connectivity index (χ4v) is 3.39. The van der Waals surface area contributed by atoms with E-state index in [0.29, 0.717) is 12.5 Å². The van der Waals surface area contributed by atoms with E-state index in [2.05, 4.69) is 5.32 Å². The Labute approximate surface area is 101 Å². The Morgan fingerprint density at radius 2 is 2.25 bits per heavy atom. The van der Waals surface area contributed by atoms with Crippen molar-refractivity contribution < 1.29 is 9.53 Å². The summed E-state index contributed by atoms with van der Waals surface area (Å²) in [6, 6.07) is 0. The minimum Gasteiger partial charge on any atom is -0.384 e. The molecule has 2 fully saturated rings. The van der Waals surface area contributed by atoms with Crippen molar-refractivity contribution in [1.82, 2.24) is 10.2 Å². The molecule has 2 aliphatic heterocycles. The lowest BCUT2D eigenvalue weighted by molar-refractivity contribution is -0.143. The molecule has 4 nitrogen and oxygen atoms in total. The standard InChI is InChI=1S/C11H20N2O2S/c1-15-9-11(2-3-12-8-11)10(14)13-4-6-16-7-5-13/h12H,2-9H2,1H3. The summed E-state index contributed by atoms with van der Waals surface area (Å²) in [6.07, 6.45) is 0.906. The van der Waals surface area contributed by atoms with Gasteiger partial charge in [-0.3, -0.25) is 4.79 Å². The number of ether oxygens (including phenoxy) is 1. The zero-order valence-electron chi connectivity index (χ0n) is 9.83. The van der Waals surface area contributed by atoms with Gasteiger partial charge in [-0.1, -0.05) is 0 Å². The number of hydrogen-bond donors (Lipinski definition) is 1. The summed E-state index contributed by atoms with van der Waals surface area (Å²) in [5.74, 6) is 2.43. The quantitative estimate of drug-likeness (QED) is 0.769. The van der Waals surface area contributed by atoms with Crippen molar-refractivity contribution in [3.8, 4) is 0 Å². The summed E-state index contributed by atoms with van der Waals surface area (Å²) in [5, 5.41) is 3.29. The summed E-state index contributed by atoms with van der Waals surface area (Å²) in [5.41, 5.74) is -0.295. The van der Waals surface area contributed by atoms with E-state index >= 15 is 0 Å². The van der Waals surface area contributed by atoms with E-state index in [4.69, 9.17) is 4.74 Å². The van der Waals surface area contributed by atoms with Gasteiger partial charge in [0.05, 0.1) is 12.0 Å². The number of rotatable bonds is 3. The number of hydrogen-bond acceptors (Lipinski definition) is 4. The second-order valence-electron chi connectivity index (χ2n) is 4.54. The van der Waals surface area contributed by atoms with E-state index in [1.54, 1.807) is 7.11 Å². The minimum absolute atomic E-state index is 0.291. The minimum atomic E-state index is -0.295. The van der Waals surface area contributed by atoms with Crippen LogP contribution in [0.4, 0.5) is 0 Å². The van der Waals surface area contributed by atoms with Gasteiger partial charge in [0.15, 0.2) is 0 Å². The molecule has 1 unspecified atom stereocenters. The molecule has 2 saturated heterocycles. The molecule has 0 aromatic heterocycles. The van der Waals surface area contributed by atoms with Crippen molar-refractivity contribution >= 4 is 17.7 Å². The third-order valence-corrected chi connectivity index (χ3v) is 4.36. The van der Waals surface area contributed by atoms with Gasteiger partial charge in [0.25, 0.3) is 0 Å². The summed E-state index contributed by atoms with van der Waals surface area (Å²) < 4.78 is 5.25. The third kappa shape index (κ3) is 2.36. The van der Waals surface area contributed by atoms with Crippen LogP contribution in [0.25, 0.3) is 0 Å². The van der Waals surface area contributed by atoms with E-state index in [-0.39, 0.29) is 5.41 Å². The molecule has 16 heavy (non-hydrogen) atoms.